The Morgan fingerprint density at radius 2 is 2.05 bits per heavy atom. The standard InChI is InChI=1S/C15H18N2O4/c1-2-20-15(18)14-13(16-21-17-14)9-6-10-19-11-12-7-4-3-5-8-12/h3-5,7-8H,2,6,9-11H2,1H3. The lowest BCUT2D eigenvalue weighted by atomic mass is 10.2. The van der Waals surface area contributed by atoms with E-state index in [1.807, 2.05) is 30.3 Å². The van der Waals surface area contributed by atoms with Gasteiger partial charge in [-0.15, -0.1) is 0 Å². The van der Waals surface area contributed by atoms with Gasteiger partial charge < -0.3 is 9.47 Å². The fourth-order valence-corrected chi connectivity index (χ4v) is 1.83. The summed E-state index contributed by atoms with van der Waals surface area (Å²) in [6.45, 7) is 3.18. The minimum atomic E-state index is -0.501. The van der Waals surface area contributed by atoms with Crippen LogP contribution >= 0.6 is 0 Å². The fraction of sp³-hybridized carbons (Fsp3) is 0.400. The normalized spacial score (nSPS) is 10.5. The van der Waals surface area contributed by atoms with Crippen molar-refractivity contribution in [3.05, 3.63) is 47.3 Å². The third-order valence-electron chi connectivity index (χ3n) is 2.84. The summed E-state index contributed by atoms with van der Waals surface area (Å²) in [5, 5.41) is 7.31. The molecule has 0 aliphatic carbocycles. The van der Waals surface area contributed by atoms with E-state index in [1.165, 1.54) is 0 Å². The van der Waals surface area contributed by atoms with Crippen LogP contribution in [0.15, 0.2) is 35.0 Å². The van der Waals surface area contributed by atoms with Crippen molar-refractivity contribution in [1.29, 1.82) is 0 Å². The van der Waals surface area contributed by atoms with Gasteiger partial charge in [-0.1, -0.05) is 35.5 Å². The van der Waals surface area contributed by atoms with Crippen LogP contribution in [-0.4, -0.2) is 29.5 Å². The van der Waals surface area contributed by atoms with Crippen molar-refractivity contribution in [1.82, 2.24) is 10.3 Å². The molecule has 6 heteroatoms. The number of hydrogen-bond donors (Lipinski definition) is 0. The molecule has 0 radical (unpaired) electrons. The zero-order valence-electron chi connectivity index (χ0n) is 11.9. The molecule has 0 saturated heterocycles. The van der Waals surface area contributed by atoms with Crippen molar-refractivity contribution < 1.29 is 18.9 Å². The number of carbonyl (C=O) groups excluding carboxylic acids is 1. The van der Waals surface area contributed by atoms with E-state index in [0.29, 0.717) is 31.9 Å². The Labute approximate surface area is 123 Å². The summed E-state index contributed by atoms with van der Waals surface area (Å²) >= 11 is 0. The van der Waals surface area contributed by atoms with E-state index < -0.39 is 5.97 Å². The molecule has 112 valence electrons. The quantitative estimate of drug-likeness (QED) is 0.549. The summed E-state index contributed by atoms with van der Waals surface area (Å²) in [6.07, 6.45) is 1.29. The van der Waals surface area contributed by atoms with Gasteiger partial charge in [-0.3, -0.25) is 0 Å². The van der Waals surface area contributed by atoms with Crippen LogP contribution in [0.1, 0.15) is 35.1 Å². The Bertz CT molecular complexity index is 554. The zero-order chi connectivity index (χ0) is 14.9. The number of aromatic nitrogens is 2. The van der Waals surface area contributed by atoms with Crippen LogP contribution in [-0.2, 0) is 22.5 Å². The molecule has 0 atom stereocenters. The number of hydrogen-bond acceptors (Lipinski definition) is 6. The predicted molar refractivity (Wildman–Crippen MR) is 74.7 cm³/mol. The van der Waals surface area contributed by atoms with Crippen LogP contribution < -0.4 is 0 Å². The number of aryl methyl sites for hydroxylation is 1. The van der Waals surface area contributed by atoms with Gasteiger partial charge in [0.2, 0.25) is 5.69 Å². The average molecular weight is 290 g/mol. The molecule has 0 saturated carbocycles. The number of rotatable bonds is 8. The van der Waals surface area contributed by atoms with Gasteiger partial charge in [0.15, 0.2) is 0 Å². The molecule has 0 fully saturated rings. The van der Waals surface area contributed by atoms with Crippen LogP contribution in [0.3, 0.4) is 0 Å². The monoisotopic (exact) mass is 290 g/mol. The lowest BCUT2D eigenvalue weighted by Gasteiger charge is -2.03. The predicted octanol–water partition coefficient (Wildman–Crippen LogP) is 2.40. The number of carbonyl (C=O) groups is 1. The van der Waals surface area contributed by atoms with Crippen molar-refractivity contribution in [2.75, 3.05) is 13.2 Å². The summed E-state index contributed by atoms with van der Waals surface area (Å²) in [7, 11) is 0. The van der Waals surface area contributed by atoms with Gasteiger partial charge in [0, 0.05) is 6.61 Å². The average Bonchev–Trinajstić information content (AvgIpc) is 2.97. The molecular formula is C15H18N2O4. The Hall–Kier alpha value is -2.21. The molecular weight excluding hydrogens is 272 g/mol. The van der Waals surface area contributed by atoms with Crippen molar-refractivity contribution in [3.8, 4) is 0 Å². The summed E-state index contributed by atoms with van der Waals surface area (Å²) in [5.74, 6) is -0.501. The first-order chi connectivity index (χ1) is 10.3. The van der Waals surface area contributed by atoms with Crippen molar-refractivity contribution in [2.24, 2.45) is 0 Å². The van der Waals surface area contributed by atoms with Gasteiger partial charge in [-0.2, -0.15) is 0 Å². The molecule has 0 unspecified atom stereocenters. The van der Waals surface area contributed by atoms with Crippen molar-refractivity contribution >= 4 is 5.97 Å². The molecule has 0 bridgehead atoms. The van der Waals surface area contributed by atoms with Gasteiger partial charge in [0.1, 0.15) is 5.69 Å². The second-order valence-electron chi connectivity index (χ2n) is 4.42. The highest BCUT2D eigenvalue weighted by Crippen LogP contribution is 2.08. The van der Waals surface area contributed by atoms with Crippen LogP contribution in [0.5, 0.6) is 0 Å². The third kappa shape index (κ3) is 4.68. The van der Waals surface area contributed by atoms with Crippen LogP contribution in [0, 0.1) is 0 Å². The Morgan fingerprint density at radius 1 is 1.24 bits per heavy atom. The van der Waals surface area contributed by atoms with E-state index in [9.17, 15) is 4.79 Å². The van der Waals surface area contributed by atoms with E-state index >= 15 is 0 Å². The van der Waals surface area contributed by atoms with E-state index in [-0.39, 0.29) is 5.69 Å². The first-order valence-corrected chi connectivity index (χ1v) is 6.91. The van der Waals surface area contributed by atoms with Crippen molar-refractivity contribution in [2.45, 2.75) is 26.4 Å². The second kappa shape index (κ2) is 8.16. The molecule has 6 nitrogen and oxygen atoms in total. The summed E-state index contributed by atoms with van der Waals surface area (Å²) in [6, 6.07) is 9.95. The third-order valence-corrected chi connectivity index (χ3v) is 2.84. The van der Waals surface area contributed by atoms with Gasteiger partial charge in [0.25, 0.3) is 0 Å². The van der Waals surface area contributed by atoms with E-state index in [2.05, 4.69) is 14.9 Å². The second-order valence-corrected chi connectivity index (χ2v) is 4.42. The lowest BCUT2D eigenvalue weighted by Crippen LogP contribution is -2.09. The van der Waals surface area contributed by atoms with Gasteiger partial charge >= 0.3 is 5.97 Å². The van der Waals surface area contributed by atoms with E-state index in [4.69, 9.17) is 9.47 Å². The highest BCUT2D eigenvalue weighted by atomic mass is 16.6. The Balaban J connectivity index is 1.72. The van der Waals surface area contributed by atoms with Crippen LogP contribution in [0.25, 0.3) is 0 Å². The molecule has 2 aromatic rings. The Kier molecular flexibility index (Phi) is 5.90. The van der Waals surface area contributed by atoms with Crippen molar-refractivity contribution in [3.63, 3.8) is 0 Å². The molecule has 1 aromatic heterocycles. The SMILES string of the molecule is CCOC(=O)c1nonc1CCCOCc1ccccc1. The fourth-order valence-electron chi connectivity index (χ4n) is 1.83. The summed E-state index contributed by atoms with van der Waals surface area (Å²) in [4.78, 5) is 11.6. The van der Waals surface area contributed by atoms with Crippen LogP contribution in [0.2, 0.25) is 0 Å². The molecule has 0 aliphatic rings. The Morgan fingerprint density at radius 3 is 2.81 bits per heavy atom. The lowest BCUT2D eigenvalue weighted by molar-refractivity contribution is 0.0512. The summed E-state index contributed by atoms with van der Waals surface area (Å²) < 4.78 is 15.0. The topological polar surface area (TPSA) is 74.5 Å². The summed E-state index contributed by atoms with van der Waals surface area (Å²) in [5.41, 5.74) is 1.80. The van der Waals surface area contributed by atoms with Gasteiger partial charge in [0.05, 0.1) is 13.2 Å². The van der Waals surface area contributed by atoms with E-state index in [1.54, 1.807) is 6.92 Å². The molecule has 21 heavy (non-hydrogen) atoms. The number of nitrogens with zero attached hydrogens (tertiary/aromatic N) is 2. The maximum absolute atomic E-state index is 11.6. The smallest absolute Gasteiger partial charge is 0.362 e. The first-order valence-electron chi connectivity index (χ1n) is 6.91. The molecule has 0 spiro atoms. The molecule has 0 aliphatic heterocycles. The largest absolute Gasteiger partial charge is 0.461 e. The highest BCUT2D eigenvalue weighted by molar-refractivity contribution is 5.88. The number of esters is 1. The molecule has 1 aromatic carbocycles. The van der Waals surface area contributed by atoms with E-state index in [0.717, 1.165) is 12.0 Å². The zero-order valence-corrected chi connectivity index (χ0v) is 11.9. The van der Waals surface area contributed by atoms with Gasteiger partial charge in [-0.05, 0) is 30.5 Å². The molecule has 0 amide bonds. The molecule has 0 N–H and O–H groups in total. The van der Waals surface area contributed by atoms with Gasteiger partial charge in [-0.25, -0.2) is 9.42 Å². The molecule has 2 rings (SSSR count). The maximum atomic E-state index is 11.6. The minimum absolute atomic E-state index is 0.153. The first kappa shape index (κ1) is 15.2. The number of ether oxygens (including phenoxy) is 2. The minimum Gasteiger partial charge on any atom is -0.461 e. The molecule has 1 heterocycles. The number of benzene rings is 1. The van der Waals surface area contributed by atoms with Crippen LogP contribution in [0.4, 0.5) is 0 Å². The highest BCUT2D eigenvalue weighted by Gasteiger charge is 2.18. The maximum Gasteiger partial charge on any atom is 0.362 e.